The van der Waals surface area contributed by atoms with Crippen molar-refractivity contribution in [1.82, 2.24) is 0 Å². The first-order chi connectivity index (χ1) is 8.59. The minimum Gasteiger partial charge on any atom is -0.503 e. The maximum Gasteiger partial charge on any atom is 0.194 e. The lowest BCUT2D eigenvalue weighted by Gasteiger charge is -2.23. The van der Waals surface area contributed by atoms with Gasteiger partial charge in [0.2, 0.25) is 0 Å². The summed E-state index contributed by atoms with van der Waals surface area (Å²) in [5.74, 6) is -0.0146. The SMILES string of the molecule is Oc1c(O)c(Cl)c2c(c1Cl)Oc1ccccc1O2. The van der Waals surface area contributed by atoms with Gasteiger partial charge in [-0.1, -0.05) is 35.3 Å². The highest BCUT2D eigenvalue weighted by Crippen LogP contribution is 2.58. The van der Waals surface area contributed by atoms with Crippen molar-refractivity contribution < 1.29 is 19.7 Å². The lowest BCUT2D eigenvalue weighted by molar-refractivity contribution is 0.347. The monoisotopic (exact) mass is 284 g/mol. The first-order valence-corrected chi connectivity index (χ1v) is 5.72. The summed E-state index contributed by atoms with van der Waals surface area (Å²) in [7, 11) is 0. The fraction of sp³-hybridized carbons (Fsp3) is 0. The molecule has 0 unspecified atom stereocenters. The van der Waals surface area contributed by atoms with Crippen molar-refractivity contribution in [1.29, 1.82) is 0 Å². The molecule has 0 fully saturated rings. The van der Waals surface area contributed by atoms with Crippen molar-refractivity contribution in [3.63, 3.8) is 0 Å². The first kappa shape index (κ1) is 11.3. The summed E-state index contributed by atoms with van der Waals surface area (Å²) in [5, 5.41) is 18.9. The molecule has 0 amide bonds. The maximum absolute atomic E-state index is 9.59. The molecular weight excluding hydrogens is 279 g/mol. The Morgan fingerprint density at radius 2 is 1.17 bits per heavy atom. The summed E-state index contributed by atoms with van der Waals surface area (Å²) in [4.78, 5) is 0. The van der Waals surface area contributed by atoms with Crippen LogP contribution in [0, 0.1) is 0 Å². The number of ether oxygens (including phenoxy) is 2. The van der Waals surface area contributed by atoms with Crippen LogP contribution in [0.4, 0.5) is 0 Å². The van der Waals surface area contributed by atoms with Gasteiger partial charge in [0.15, 0.2) is 34.5 Å². The van der Waals surface area contributed by atoms with E-state index in [0.29, 0.717) is 11.5 Å². The van der Waals surface area contributed by atoms with Gasteiger partial charge in [-0.2, -0.15) is 0 Å². The van der Waals surface area contributed by atoms with Gasteiger partial charge in [0.25, 0.3) is 0 Å². The molecule has 2 N–H and O–H groups in total. The van der Waals surface area contributed by atoms with Crippen molar-refractivity contribution in [3.8, 4) is 34.5 Å². The average molecular weight is 285 g/mol. The van der Waals surface area contributed by atoms with Crippen LogP contribution < -0.4 is 9.47 Å². The van der Waals surface area contributed by atoms with Gasteiger partial charge >= 0.3 is 0 Å². The Balaban J connectivity index is 2.25. The van der Waals surface area contributed by atoms with Gasteiger partial charge in [-0.05, 0) is 12.1 Å². The van der Waals surface area contributed by atoms with E-state index in [4.69, 9.17) is 32.7 Å². The van der Waals surface area contributed by atoms with E-state index in [-0.39, 0.29) is 21.5 Å². The van der Waals surface area contributed by atoms with Crippen molar-refractivity contribution in [2.24, 2.45) is 0 Å². The Hall–Kier alpha value is -1.78. The normalized spacial score (nSPS) is 12.1. The van der Waals surface area contributed by atoms with E-state index >= 15 is 0 Å². The largest absolute Gasteiger partial charge is 0.503 e. The van der Waals surface area contributed by atoms with Gasteiger partial charge in [-0.3, -0.25) is 0 Å². The molecule has 4 nitrogen and oxygen atoms in total. The minimum atomic E-state index is -0.539. The smallest absolute Gasteiger partial charge is 0.194 e. The molecule has 3 rings (SSSR count). The number of halogens is 2. The van der Waals surface area contributed by atoms with Crippen LogP contribution in [-0.4, -0.2) is 10.2 Å². The molecule has 92 valence electrons. The molecule has 0 aromatic heterocycles. The van der Waals surface area contributed by atoms with E-state index in [1.54, 1.807) is 24.3 Å². The lowest BCUT2D eigenvalue weighted by Crippen LogP contribution is -2.00. The second-order valence-corrected chi connectivity index (χ2v) is 4.39. The van der Waals surface area contributed by atoms with Crippen LogP contribution in [0.15, 0.2) is 24.3 Å². The zero-order valence-electron chi connectivity index (χ0n) is 8.78. The number of fused-ring (bicyclic) bond motifs is 2. The van der Waals surface area contributed by atoms with Gasteiger partial charge in [0.1, 0.15) is 10.0 Å². The van der Waals surface area contributed by atoms with E-state index in [1.165, 1.54) is 0 Å². The fourth-order valence-electron chi connectivity index (χ4n) is 1.64. The summed E-state index contributed by atoms with van der Waals surface area (Å²) in [6.45, 7) is 0. The number of rotatable bonds is 0. The highest BCUT2D eigenvalue weighted by molar-refractivity contribution is 6.38. The van der Waals surface area contributed by atoms with Crippen molar-refractivity contribution in [3.05, 3.63) is 34.3 Å². The second-order valence-electron chi connectivity index (χ2n) is 3.63. The maximum atomic E-state index is 9.59. The lowest BCUT2D eigenvalue weighted by atomic mass is 10.2. The highest BCUT2D eigenvalue weighted by atomic mass is 35.5. The number of para-hydroxylation sites is 2. The summed E-state index contributed by atoms with van der Waals surface area (Å²) in [6.07, 6.45) is 0. The second kappa shape index (κ2) is 3.86. The molecule has 2 aromatic carbocycles. The van der Waals surface area contributed by atoms with Crippen molar-refractivity contribution in [2.75, 3.05) is 0 Å². The third-order valence-corrected chi connectivity index (χ3v) is 3.22. The number of aromatic hydroxyl groups is 2. The average Bonchev–Trinajstić information content (AvgIpc) is 2.41. The van der Waals surface area contributed by atoms with Crippen molar-refractivity contribution >= 4 is 23.2 Å². The molecule has 1 aliphatic heterocycles. The van der Waals surface area contributed by atoms with E-state index in [9.17, 15) is 10.2 Å². The van der Waals surface area contributed by atoms with Crippen LogP contribution >= 0.6 is 23.2 Å². The molecule has 0 bridgehead atoms. The standard InChI is InChI=1S/C12H6Cl2O4/c13-7-9(15)10(16)8(14)12-11(7)17-5-3-1-2-4-6(5)18-12/h1-4,15-16H. The molecule has 0 atom stereocenters. The van der Waals surface area contributed by atoms with Crippen LogP contribution in [0.3, 0.4) is 0 Å². The molecule has 1 heterocycles. The highest BCUT2D eigenvalue weighted by Gasteiger charge is 2.29. The third kappa shape index (κ3) is 1.46. The Kier molecular flexibility index (Phi) is 2.43. The molecule has 1 aliphatic rings. The van der Waals surface area contributed by atoms with Crippen LogP contribution in [0.5, 0.6) is 34.5 Å². The molecule has 18 heavy (non-hydrogen) atoms. The van der Waals surface area contributed by atoms with Gasteiger partial charge in [-0.25, -0.2) is 0 Å². The first-order valence-electron chi connectivity index (χ1n) is 4.97. The quantitative estimate of drug-likeness (QED) is 0.604. The number of phenols is 2. The number of hydrogen-bond donors (Lipinski definition) is 2. The zero-order chi connectivity index (χ0) is 12.9. The van der Waals surface area contributed by atoms with Crippen LogP contribution in [0.1, 0.15) is 0 Å². The number of hydrogen-bond acceptors (Lipinski definition) is 4. The Morgan fingerprint density at radius 3 is 1.56 bits per heavy atom. The van der Waals surface area contributed by atoms with Gasteiger partial charge < -0.3 is 19.7 Å². The van der Waals surface area contributed by atoms with Gasteiger partial charge in [-0.15, -0.1) is 0 Å². The molecule has 0 radical (unpaired) electrons. The summed E-state index contributed by atoms with van der Waals surface area (Å²) in [5.41, 5.74) is 0. The zero-order valence-corrected chi connectivity index (χ0v) is 10.3. The van der Waals surface area contributed by atoms with Crippen LogP contribution in [-0.2, 0) is 0 Å². The molecular formula is C12H6Cl2O4. The number of benzene rings is 2. The molecule has 2 aromatic rings. The van der Waals surface area contributed by atoms with E-state index in [0.717, 1.165) is 0 Å². The summed E-state index contributed by atoms with van der Waals surface area (Å²) >= 11 is 11.8. The van der Waals surface area contributed by atoms with Crippen molar-refractivity contribution in [2.45, 2.75) is 0 Å². The summed E-state index contributed by atoms with van der Waals surface area (Å²) < 4.78 is 11.0. The molecule has 0 saturated carbocycles. The topological polar surface area (TPSA) is 58.9 Å². The third-order valence-electron chi connectivity index (χ3n) is 2.52. The van der Waals surface area contributed by atoms with E-state index in [1.807, 2.05) is 0 Å². The number of phenolic OH excluding ortho intramolecular Hbond substituents is 2. The Labute approximate surface area is 112 Å². The molecule has 6 heteroatoms. The summed E-state index contributed by atoms with van der Waals surface area (Å²) in [6, 6.07) is 6.91. The van der Waals surface area contributed by atoms with Gasteiger partial charge in [0, 0.05) is 0 Å². The molecule has 0 saturated heterocycles. The minimum absolute atomic E-state index is 0.0793. The Morgan fingerprint density at radius 1 is 0.778 bits per heavy atom. The Bertz CT molecular complexity index is 599. The fourth-order valence-corrected chi connectivity index (χ4v) is 2.07. The molecule has 0 aliphatic carbocycles. The predicted molar refractivity (Wildman–Crippen MR) is 66.4 cm³/mol. The van der Waals surface area contributed by atoms with Crippen LogP contribution in [0.2, 0.25) is 10.0 Å². The van der Waals surface area contributed by atoms with Gasteiger partial charge in [0.05, 0.1) is 0 Å². The van der Waals surface area contributed by atoms with E-state index < -0.39 is 11.5 Å². The van der Waals surface area contributed by atoms with Crippen LogP contribution in [0.25, 0.3) is 0 Å². The van der Waals surface area contributed by atoms with E-state index in [2.05, 4.69) is 0 Å². The predicted octanol–water partition coefficient (Wildman–Crippen LogP) is 4.30. The molecule has 0 spiro atoms.